The third-order valence-electron chi connectivity index (χ3n) is 2.93. The van der Waals surface area contributed by atoms with Crippen molar-refractivity contribution in [1.82, 2.24) is 5.32 Å². The van der Waals surface area contributed by atoms with Crippen molar-refractivity contribution in [2.45, 2.75) is 57.0 Å². The van der Waals surface area contributed by atoms with Gasteiger partial charge < -0.3 is 16.2 Å². The molecule has 0 heterocycles. The molecule has 1 rings (SSSR count). The van der Waals surface area contributed by atoms with Gasteiger partial charge in [0.2, 0.25) is 5.91 Å². The molecule has 1 aliphatic rings. The summed E-state index contributed by atoms with van der Waals surface area (Å²) in [6.07, 6.45) is 3.02. The Hall–Kier alpha value is -1.10. The molecule has 16 heavy (non-hydrogen) atoms. The largest absolute Gasteiger partial charge is 0.481 e. The summed E-state index contributed by atoms with van der Waals surface area (Å²) in [4.78, 5) is 22.2. The number of rotatable bonds is 5. The van der Waals surface area contributed by atoms with Crippen molar-refractivity contribution in [1.29, 1.82) is 0 Å². The Balaban J connectivity index is 2.41. The average Bonchev–Trinajstić information content (AvgIpc) is 1.96. The molecule has 0 saturated heterocycles. The average molecular weight is 228 g/mol. The van der Waals surface area contributed by atoms with Crippen LogP contribution in [0.1, 0.15) is 46.0 Å². The molecule has 0 aromatic carbocycles. The summed E-state index contributed by atoms with van der Waals surface area (Å²) in [5.74, 6) is -1.08. The smallest absolute Gasteiger partial charge is 0.305 e. The van der Waals surface area contributed by atoms with E-state index >= 15 is 0 Å². The summed E-state index contributed by atoms with van der Waals surface area (Å²) in [5.41, 5.74) is 4.87. The Bertz CT molecular complexity index is 296. The predicted molar refractivity (Wildman–Crippen MR) is 59.9 cm³/mol. The normalized spacial score (nSPS) is 18.7. The summed E-state index contributed by atoms with van der Waals surface area (Å²) >= 11 is 0. The van der Waals surface area contributed by atoms with Crippen LogP contribution in [-0.2, 0) is 9.59 Å². The van der Waals surface area contributed by atoms with E-state index in [2.05, 4.69) is 5.32 Å². The monoisotopic (exact) mass is 228 g/mol. The molecular weight excluding hydrogens is 208 g/mol. The van der Waals surface area contributed by atoms with Gasteiger partial charge in [-0.25, -0.2) is 0 Å². The lowest BCUT2D eigenvalue weighted by atomic mass is 9.75. The van der Waals surface area contributed by atoms with Gasteiger partial charge in [-0.2, -0.15) is 0 Å². The molecule has 0 bridgehead atoms. The minimum Gasteiger partial charge on any atom is -0.481 e. The van der Waals surface area contributed by atoms with Crippen LogP contribution in [0.2, 0.25) is 0 Å². The lowest BCUT2D eigenvalue weighted by molar-refractivity contribution is -0.138. The van der Waals surface area contributed by atoms with Crippen LogP contribution < -0.4 is 11.1 Å². The number of aliphatic carboxylic acids is 1. The van der Waals surface area contributed by atoms with Gasteiger partial charge >= 0.3 is 5.97 Å². The Kier molecular flexibility index (Phi) is 3.57. The van der Waals surface area contributed by atoms with Crippen LogP contribution >= 0.6 is 0 Å². The molecule has 5 heteroatoms. The number of hydrogen-bond acceptors (Lipinski definition) is 3. The quantitative estimate of drug-likeness (QED) is 0.643. The van der Waals surface area contributed by atoms with E-state index in [0.717, 1.165) is 19.3 Å². The number of carbonyl (C=O) groups excluding carboxylic acids is 1. The summed E-state index contributed by atoms with van der Waals surface area (Å²) < 4.78 is 0. The van der Waals surface area contributed by atoms with Crippen molar-refractivity contribution in [3.8, 4) is 0 Å². The van der Waals surface area contributed by atoms with Gasteiger partial charge in [-0.3, -0.25) is 9.59 Å². The highest BCUT2D eigenvalue weighted by atomic mass is 16.4. The van der Waals surface area contributed by atoms with Crippen molar-refractivity contribution >= 4 is 11.9 Å². The van der Waals surface area contributed by atoms with Gasteiger partial charge in [-0.15, -0.1) is 0 Å². The third-order valence-corrected chi connectivity index (χ3v) is 2.93. The van der Waals surface area contributed by atoms with Crippen molar-refractivity contribution in [2.75, 3.05) is 0 Å². The summed E-state index contributed by atoms with van der Waals surface area (Å²) in [6, 6.07) is 0. The first-order valence-corrected chi connectivity index (χ1v) is 5.54. The molecule has 4 N–H and O–H groups in total. The topological polar surface area (TPSA) is 92.4 Å². The van der Waals surface area contributed by atoms with Crippen LogP contribution in [0.25, 0.3) is 0 Å². The van der Waals surface area contributed by atoms with E-state index in [1.807, 2.05) is 0 Å². The van der Waals surface area contributed by atoms with E-state index in [-0.39, 0.29) is 24.3 Å². The number of carbonyl (C=O) groups is 2. The number of carboxylic acid groups (broad SMARTS) is 1. The first-order chi connectivity index (χ1) is 7.22. The van der Waals surface area contributed by atoms with Gasteiger partial charge in [0.05, 0.1) is 6.42 Å². The van der Waals surface area contributed by atoms with Gasteiger partial charge in [0.1, 0.15) is 0 Å². The van der Waals surface area contributed by atoms with Crippen molar-refractivity contribution in [3.63, 3.8) is 0 Å². The Morgan fingerprint density at radius 2 is 2.00 bits per heavy atom. The Morgan fingerprint density at radius 1 is 1.44 bits per heavy atom. The van der Waals surface area contributed by atoms with E-state index in [4.69, 9.17) is 10.8 Å². The van der Waals surface area contributed by atoms with Gasteiger partial charge in [0.25, 0.3) is 0 Å². The molecule has 0 spiro atoms. The number of nitrogens with two attached hydrogens (primary N) is 1. The van der Waals surface area contributed by atoms with Crippen molar-refractivity contribution in [3.05, 3.63) is 0 Å². The third kappa shape index (κ3) is 3.81. The van der Waals surface area contributed by atoms with Gasteiger partial charge in [-0.1, -0.05) is 0 Å². The van der Waals surface area contributed by atoms with E-state index in [1.165, 1.54) is 0 Å². The zero-order valence-electron chi connectivity index (χ0n) is 9.88. The lowest BCUT2D eigenvalue weighted by Crippen LogP contribution is -2.53. The van der Waals surface area contributed by atoms with Crippen molar-refractivity contribution in [2.24, 2.45) is 5.73 Å². The minimum absolute atomic E-state index is 0.0870. The number of amides is 1. The molecule has 0 atom stereocenters. The highest BCUT2D eigenvalue weighted by Crippen LogP contribution is 2.32. The summed E-state index contributed by atoms with van der Waals surface area (Å²) in [7, 11) is 0. The lowest BCUT2D eigenvalue weighted by Gasteiger charge is -2.38. The second-order valence-electron chi connectivity index (χ2n) is 5.40. The molecule has 92 valence electrons. The maximum atomic E-state index is 11.7. The summed E-state index contributed by atoms with van der Waals surface area (Å²) in [5, 5.41) is 11.4. The maximum absolute atomic E-state index is 11.7. The second-order valence-corrected chi connectivity index (χ2v) is 5.40. The fourth-order valence-corrected chi connectivity index (χ4v) is 1.97. The molecule has 0 radical (unpaired) electrons. The SMILES string of the molecule is CC(C)(CC(=O)O)NC(=O)CC1(N)CCC1. The molecule has 1 aliphatic carbocycles. The first-order valence-electron chi connectivity index (χ1n) is 5.54. The van der Waals surface area contributed by atoms with Gasteiger partial charge in [-0.05, 0) is 33.1 Å². The molecule has 1 amide bonds. The van der Waals surface area contributed by atoms with E-state index in [0.29, 0.717) is 0 Å². The highest BCUT2D eigenvalue weighted by Gasteiger charge is 2.36. The molecule has 0 aromatic rings. The molecule has 0 aliphatic heterocycles. The van der Waals surface area contributed by atoms with Gasteiger partial charge in [0, 0.05) is 17.5 Å². The van der Waals surface area contributed by atoms with Crippen LogP contribution in [-0.4, -0.2) is 28.1 Å². The van der Waals surface area contributed by atoms with E-state index < -0.39 is 11.5 Å². The zero-order chi connectivity index (χ0) is 12.4. The number of hydrogen-bond donors (Lipinski definition) is 3. The fraction of sp³-hybridized carbons (Fsp3) is 0.818. The fourth-order valence-electron chi connectivity index (χ4n) is 1.97. The molecule has 5 nitrogen and oxygen atoms in total. The zero-order valence-corrected chi connectivity index (χ0v) is 9.88. The number of nitrogens with one attached hydrogen (secondary N) is 1. The molecule has 1 saturated carbocycles. The molecule has 1 fully saturated rings. The number of carboxylic acids is 1. The maximum Gasteiger partial charge on any atom is 0.305 e. The van der Waals surface area contributed by atoms with E-state index in [9.17, 15) is 9.59 Å². The highest BCUT2D eigenvalue weighted by molar-refractivity contribution is 5.79. The first kappa shape index (κ1) is 13.0. The standard InChI is InChI=1S/C11H20N2O3/c1-10(2,7-9(15)16)13-8(14)6-11(12)4-3-5-11/h3-7,12H2,1-2H3,(H,13,14)(H,15,16). The minimum atomic E-state index is -0.920. The van der Waals surface area contributed by atoms with Crippen LogP contribution in [0.3, 0.4) is 0 Å². The van der Waals surface area contributed by atoms with Crippen LogP contribution in [0.15, 0.2) is 0 Å². The molecule has 0 aromatic heterocycles. The van der Waals surface area contributed by atoms with Crippen LogP contribution in [0, 0.1) is 0 Å². The summed E-state index contributed by atoms with van der Waals surface area (Å²) in [6.45, 7) is 3.39. The Labute approximate surface area is 95.4 Å². The second kappa shape index (κ2) is 4.41. The molecular formula is C11H20N2O3. The Morgan fingerprint density at radius 3 is 2.38 bits per heavy atom. The molecule has 0 unspecified atom stereocenters. The van der Waals surface area contributed by atoms with Crippen LogP contribution in [0.4, 0.5) is 0 Å². The van der Waals surface area contributed by atoms with Crippen molar-refractivity contribution < 1.29 is 14.7 Å². The predicted octanol–water partition coefficient (Wildman–Crippen LogP) is 0.627. The van der Waals surface area contributed by atoms with Crippen LogP contribution in [0.5, 0.6) is 0 Å². The van der Waals surface area contributed by atoms with Gasteiger partial charge in [0.15, 0.2) is 0 Å². The van der Waals surface area contributed by atoms with E-state index in [1.54, 1.807) is 13.8 Å².